The molecule has 29 heavy (non-hydrogen) atoms. The van der Waals surface area contributed by atoms with Crippen LogP contribution in [-0.2, 0) is 20.9 Å². The number of aliphatic carboxylic acids is 2. The molecule has 1 aliphatic heterocycles. The van der Waals surface area contributed by atoms with E-state index in [1.165, 1.54) is 6.07 Å². The molecule has 2 rings (SSSR count). The lowest BCUT2D eigenvalue weighted by Crippen LogP contribution is -2.46. The maximum absolute atomic E-state index is 13.7. The highest BCUT2D eigenvalue weighted by molar-refractivity contribution is 5.89. The number of carboxylic acids is 2. The number of halogens is 1. The van der Waals surface area contributed by atoms with E-state index >= 15 is 0 Å². The van der Waals surface area contributed by atoms with Gasteiger partial charge in [-0.15, -0.1) is 0 Å². The number of nitrogens with zero attached hydrogens (tertiary/aromatic N) is 1. The Labute approximate surface area is 167 Å². The molecular weight excluding hydrogens is 387 g/mol. The lowest BCUT2D eigenvalue weighted by Gasteiger charge is -2.26. The first-order chi connectivity index (χ1) is 13.8. The Bertz CT molecular complexity index is 703. The average molecular weight is 412 g/mol. The zero-order valence-corrected chi connectivity index (χ0v) is 16.1. The van der Waals surface area contributed by atoms with Crippen LogP contribution in [0.4, 0.5) is 9.18 Å². The summed E-state index contributed by atoms with van der Waals surface area (Å²) in [5.74, 6) is -2.32. The number of carboxylic acid groups (broad SMARTS) is 2. The van der Waals surface area contributed by atoms with Gasteiger partial charge >= 0.3 is 18.0 Å². The molecule has 3 N–H and O–H groups in total. The molecule has 1 fully saturated rings. The highest BCUT2D eigenvalue weighted by Crippen LogP contribution is 2.18. The van der Waals surface area contributed by atoms with E-state index < -0.39 is 23.8 Å². The third kappa shape index (κ3) is 10.1. The van der Waals surface area contributed by atoms with Crippen molar-refractivity contribution in [3.8, 4) is 5.75 Å². The van der Waals surface area contributed by atoms with Crippen molar-refractivity contribution in [2.45, 2.75) is 20.0 Å². The second-order valence-corrected chi connectivity index (χ2v) is 5.90. The molecule has 160 valence electrons. The molecule has 0 atom stereocenters. The zero-order valence-electron chi connectivity index (χ0n) is 16.1. The Balaban J connectivity index is 0.000000447. The summed E-state index contributed by atoms with van der Waals surface area (Å²) in [6.45, 7) is 5.22. The zero-order chi connectivity index (χ0) is 21.6. The average Bonchev–Trinajstić information content (AvgIpc) is 2.71. The molecule has 10 heteroatoms. The van der Waals surface area contributed by atoms with Gasteiger partial charge in [0.2, 0.25) is 0 Å². The first-order valence-corrected chi connectivity index (χ1v) is 9.01. The summed E-state index contributed by atoms with van der Waals surface area (Å²) < 4.78 is 24.3. The van der Waals surface area contributed by atoms with Crippen LogP contribution in [-0.4, -0.2) is 65.9 Å². The molecule has 1 amide bonds. The maximum Gasteiger partial charge on any atom is 0.410 e. The van der Waals surface area contributed by atoms with Crippen molar-refractivity contribution in [3.05, 3.63) is 41.7 Å². The maximum atomic E-state index is 13.7. The number of hydrogen-bond acceptors (Lipinski definition) is 6. The monoisotopic (exact) mass is 412 g/mol. The van der Waals surface area contributed by atoms with E-state index in [-0.39, 0.29) is 6.61 Å². The van der Waals surface area contributed by atoms with Crippen LogP contribution in [0.1, 0.15) is 18.9 Å². The number of ether oxygens (including phenoxy) is 2. The van der Waals surface area contributed by atoms with E-state index in [4.69, 9.17) is 19.7 Å². The lowest BCUT2D eigenvalue weighted by atomic mass is 10.2. The van der Waals surface area contributed by atoms with Crippen molar-refractivity contribution in [3.63, 3.8) is 0 Å². The fourth-order valence-electron chi connectivity index (χ4n) is 2.19. The number of piperazine rings is 1. The predicted octanol–water partition coefficient (Wildman–Crippen LogP) is 1.87. The van der Waals surface area contributed by atoms with E-state index in [0.29, 0.717) is 43.2 Å². The van der Waals surface area contributed by atoms with Crippen LogP contribution in [0.2, 0.25) is 0 Å². The molecule has 0 aliphatic carbocycles. The summed E-state index contributed by atoms with van der Waals surface area (Å²) in [6.07, 6.45) is 1.59. The van der Waals surface area contributed by atoms with Crippen molar-refractivity contribution in [1.29, 1.82) is 0 Å². The second kappa shape index (κ2) is 13.1. The molecular formula is C19H25FN2O7. The summed E-state index contributed by atoms with van der Waals surface area (Å²) in [4.78, 5) is 32.6. The van der Waals surface area contributed by atoms with Gasteiger partial charge in [-0.25, -0.2) is 18.8 Å². The van der Waals surface area contributed by atoms with Gasteiger partial charge in [0.15, 0.2) is 0 Å². The smallest absolute Gasteiger partial charge is 0.410 e. The predicted molar refractivity (Wildman–Crippen MR) is 101 cm³/mol. The number of carbonyl (C=O) groups excluding carboxylic acids is 1. The van der Waals surface area contributed by atoms with E-state index in [1.54, 1.807) is 17.0 Å². The molecule has 9 nitrogen and oxygen atoms in total. The van der Waals surface area contributed by atoms with Crippen LogP contribution in [0.25, 0.3) is 0 Å². The number of rotatable bonds is 7. The highest BCUT2D eigenvalue weighted by atomic mass is 19.1. The van der Waals surface area contributed by atoms with Gasteiger partial charge in [0.1, 0.15) is 18.2 Å². The Morgan fingerprint density at radius 3 is 2.34 bits per heavy atom. The first-order valence-electron chi connectivity index (χ1n) is 9.01. The van der Waals surface area contributed by atoms with Gasteiger partial charge in [0.05, 0.1) is 6.61 Å². The topological polar surface area (TPSA) is 125 Å². The van der Waals surface area contributed by atoms with Gasteiger partial charge in [-0.2, -0.15) is 0 Å². The number of carbonyl (C=O) groups is 3. The number of amides is 1. The Morgan fingerprint density at radius 1 is 1.17 bits per heavy atom. The van der Waals surface area contributed by atoms with Crippen LogP contribution in [0.15, 0.2) is 30.4 Å². The van der Waals surface area contributed by atoms with Crippen LogP contribution in [0.5, 0.6) is 5.75 Å². The van der Waals surface area contributed by atoms with Crippen LogP contribution >= 0.6 is 0 Å². The molecule has 1 heterocycles. The van der Waals surface area contributed by atoms with Crippen molar-refractivity contribution < 1.29 is 38.5 Å². The third-order valence-corrected chi connectivity index (χ3v) is 3.58. The van der Waals surface area contributed by atoms with Gasteiger partial charge < -0.3 is 29.9 Å². The summed E-state index contributed by atoms with van der Waals surface area (Å²) in [6, 6.07) is 4.49. The van der Waals surface area contributed by atoms with Crippen molar-refractivity contribution in [2.75, 3.05) is 32.8 Å². The van der Waals surface area contributed by atoms with Crippen molar-refractivity contribution >= 4 is 18.0 Å². The molecule has 0 spiro atoms. The fraction of sp³-hybridized carbons (Fsp3) is 0.421. The van der Waals surface area contributed by atoms with E-state index in [2.05, 4.69) is 5.32 Å². The quantitative estimate of drug-likeness (QED) is 0.580. The van der Waals surface area contributed by atoms with E-state index in [1.807, 2.05) is 6.92 Å². The number of benzene rings is 1. The van der Waals surface area contributed by atoms with Gasteiger partial charge in [-0.05, 0) is 24.6 Å². The Morgan fingerprint density at radius 2 is 1.79 bits per heavy atom. The molecule has 1 saturated heterocycles. The van der Waals surface area contributed by atoms with Gasteiger partial charge in [-0.3, -0.25) is 0 Å². The van der Waals surface area contributed by atoms with E-state index in [9.17, 15) is 18.8 Å². The summed E-state index contributed by atoms with van der Waals surface area (Å²) in [5, 5.41) is 18.8. The molecule has 0 aromatic heterocycles. The molecule has 0 radical (unpaired) electrons. The van der Waals surface area contributed by atoms with Crippen molar-refractivity contribution in [2.24, 2.45) is 0 Å². The third-order valence-electron chi connectivity index (χ3n) is 3.58. The largest absolute Gasteiger partial charge is 0.494 e. The van der Waals surface area contributed by atoms with Gasteiger partial charge in [-0.1, -0.05) is 6.92 Å². The standard InChI is InChI=1S/C15H21FN2O3.C4H4O4/c1-2-9-20-13-3-4-14(16)12(10-13)11-21-15(19)18-7-5-17-6-8-18;5-3(6)1-2-4(7)8/h3-4,10,17H,2,5-9,11H2,1H3;1-2H,(H,5,6)(H,7,8). The lowest BCUT2D eigenvalue weighted by molar-refractivity contribution is -0.134. The second-order valence-electron chi connectivity index (χ2n) is 5.90. The Kier molecular flexibility index (Phi) is 10.8. The normalized spacial score (nSPS) is 13.4. The minimum absolute atomic E-state index is 0.0854. The molecule has 1 aromatic rings. The Hall–Kier alpha value is -3.14. The molecule has 0 saturated carbocycles. The summed E-state index contributed by atoms with van der Waals surface area (Å²) in [5.41, 5.74) is 0.326. The fourth-order valence-corrected chi connectivity index (χ4v) is 2.19. The van der Waals surface area contributed by atoms with E-state index in [0.717, 1.165) is 19.5 Å². The number of nitrogens with one attached hydrogen (secondary N) is 1. The van der Waals surface area contributed by atoms with Crippen LogP contribution in [0.3, 0.4) is 0 Å². The van der Waals surface area contributed by atoms with Gasteiger partial charge in [0.25, 0.3) is 0 Å². The summed E-state index contributed by atoms with van der Waals surface area (Å²) >= 11 is 0. The van der Waals surface area contributed by atoms with Gasteiger partial charge in [0, 0.05) is 43.9 Å². The molecule has 0 unspecified atom stereocenters. The SMILES string of the molecule is CCCOc1ccc(F)c(COC(=O)N2CCNCC2)c1.O=C(O)C=CC(=O)O. The van der Waals surface area contributed by atoms with Crippen molar-refractivity contribution in [1.82, 2.24) is 10.2 Å². The van der Waals surface area contributed by atoms with Crippen LogP contribution in [0, 0.1) is 5.82 Å². The molecule has 1 aliphatic rings. The van der Waals surface area contributed by atoms with Crippen LogP contribution < -0.4 is 10.1 Å². The first kappa shape index (κ1) is 23.9. The number of hydrogen-bond donors (Lipinski definition) is 3. The minimum atomic E-state index is -1.26. The summed E-state index contributed by atoms with van der Waals surface area (Å²) in [7, 11) is 0. The highest BCUT2D eigenvalue weighted by Gasteiger charge is 2.18. The molecule has 1 aromatic carbocycles. The minimum Gasteiger partial charge on any atom is -0.494 e. The molecule has 0 bridgehead atoms.